The van der Waals surface area contributed by atoms with Crippen molar-refractivity contribution in [3.63, 3.8) is 0 Å². The second kappa shape index (κ2) is 8.36. The Hall–Kier alpha value is -2.65. The number of aryl methyl sites for hydroxylation is 1. The zero-order chi connectivity index (χ0) is 19.4. The molecule has 2 amide bonds. The fourth-order valence-corrected chi connectivity index (χ4v) is 3.66. The van der Waals surface area contributed by atoms with Crippen LogP contribution in [0.5, 0.6) is 0 Å². The summed E-state index contributed by atoms with van der Waals surface area (Å²) < 4.78 is 0. The van der Waals surface area contributed by atoms with Crippen molar-refractivity contribution < 1.29 is 14.8 Å². The number of nitrogens with two attached hydrogens (primary N) is 1. The predicted octanol–water partition coefficient (Wildman–Crippen LogP) is 1.58. The van der Waals surface area contributed by atoms with Crippen molar-refractivity contribution in [2.24, 2.45) is 17.7 Å². The van der Waals surface area contributed by atoms with Gasteiger partial charge in [-0.3, -0.25) is 14.8 Å². The fraction of sp³-hybridized carbons (Fsp3) is 0.500. The Morgan fingerprint density at radius 3 is 2.81 bits per heavy atom. The Morgan fingerprint density at radius 1 is 1.37 bits per heavy atom. The van der Waals surface area contributed by atoms with E-state index >= 15 is 0 Å². The highest BCUT2D eigenvalue weighted by Crippen LogP contribution is 2.31. The Balaban J connectivity index is 1.82. The fourth-order valence-electron chi connectivity index (χ4n) is 3.66. The van der Waals surface area contributed by atoms with Crippen molar-refractivity contribution in [1.29, 1.82) is 0 Å². The van der Waals surface area contributed by atoms with E-state index in [0.717, 1.165) is 36.3 Å². The van der Waals surface area contributed by atoms with Crippen LogP contribution < -0.4 is 10.9 Å². The third-order valence-electron chi connectivity index (χ3n) is 5.10. The molecule has 0 bridgehead atoms. The average Bonchev–Trinajstić information content (AvgIpc) is 3.19. The zero-order valence-corrected chi connectivity index (χ0v) is 15.3. The summed E-state index contributed by atoms with van der Waals surface area (Å²) >= 11 is 0. The molecule has 1 atom stereocenters. The van der Waals surface area contributed by atoms with E-state index in [-0.39, 0.29) is 18.9 Å². The SMILES string of the molecule is Cc1cccc2nnc(N(N)C(=O)[C@@H](CC3CCCC3)CN(O)C=O)nc12. The quantitative estimate of drug-likeness (QED) is 0.248. The Morgan fingerprint density at radius 2 is 2.11 bits per heavy atom. The van der Waals surface area contributed by atoms with Gasteiger partial charge in [0.05, 0.1) is 18.0 Å². The number of hydrogen-bond donors (Lipinski definition) is 2. The number of para-hydroxylation sites is 1. The number of nitrogens with zero attached hydrogens (tertiary/aromatic N) is 5. The van der Waals surface area contributed by atoms with Gasteiger partial charge in [0.25, 0.3) is 5.95 Å². The standard InChI is InChI=1S/C18H24N6O3/c1-12-5-4-8-15-16(12)20-18(22-21-15)24(19)17(26)14(10-23(27)11-25)9-13-6-2-3-7-13/h4-5,8,11,13-14,27H,2-3,6-7,9-10,19H2,1H3/t14-/m0/s1. The first-order valence-electron chi connectivity index (χ1n) is 9.09. The van der Waals surface area contributed by atoms with Crippen LogP contribution in [-0.2, 0) is 9.59 Å². The first-order chi connectivity index (χ1) is 13.0. The molecule has 27 heavy (non-hydrogen) atoms. The van der Waals surface area contributed by atoms with Gasteiger partial charge in [0.15, 0.2) is 0 Å². The molecule has 0 spiro atoms. The summed E-state index contributed by atoms with van der Waals surface area (Å²) in [6.07, 6.45) is 5.17. The minimum atomic E-state index is -0.635. The Labute approximate surface area is 157 Å². The van der Waals surface area contributed by atoms with Crippen LogP contribution in [0, 0.1) is 18.8 Å². The summed E-state index contributed by atoms with van der Waals surface area (Å²) in [5, 5.41) is 19.0. The van der Waals surface area contributed by atoms with E-state index in [1.54, 1.807) is 6.07 Å². The summed E-state index contributed by atoms with van der Waals surface area (Å²) in [4.78, 5) is 28.1. The van der Waals surface area contributed by atoms with Gasteiger partial charge in [0.1, 0.15) is 5.52 Å². The van der Waals surface area contributed by atoms with Crippen LogP contribution in [0.2, 0.25) is 0 Å². The lowest BCUT2D eigenvalue weighted by molar-refractivity contribution is -0.154. The number of rotatable bonds is 7. The van der Waals surface area contributed by atoms with Crippen LogP contribution in [0.1, 0.15) is 37.7 Å². The molecule has 1 aliphatic rings. The van der Waals surface area contributed by atoms with Gasteiger partial charge in [-0.25, -0.2) is 20.9 Å². The van der Waals surface area contributed by atoms with E-state index in [2.05, 4.69) is 15.2 Å². The van der Waals surface area contributed by atoms with E-state index in [0.29, 0.717) is 28.4 Å². The van der Waals surface area contributed by atoms with Gasteiger partial charge in [0.2, 0.25) is 12.3 Å². The summed E-state index contributed by atoms with van der Waals surface area (Å²) in [5.41, 5.74) is 2.13. The minimum absolute atomic E-state index is 0.00573. The van der Waals surface area contributed by atoms with E-state index < -0.39 is 11.8 Å². The van der Waals surface area contributed by atoms with Gasteiger partial charge in [-0.2, -0.15) is 0 Å². The molecule has 0 unspecified atom stereocenters. The van der Waals surface area contributed by atoms with Crippen molar-refractivity contribution in [3.05, 3.63) is 23.8 Å². The molecular weight excluding hydrogens is 348 g/mol. The van der Waals surface area contributed by atoms with E-state index in [1.807, 2.05) is 19.1 Å². The number of hydroxylamine groups is 2. The molecule has 144 valence electrons. The predicted molar refractivity (Wildman–Crippen MR) is 98.4 cm³/mol. The lowest BCUT2D eigenvalue weighted by atomic mass is 9.92. The van der Waals surface area contributed by atoms with Crippen molar-refractivity contribution in [2.45, 2.75) is 39.0 Å². The van der Waals surface area contributed by atoms with Gasteiger partial charge < -0.3 is 0 Å². The molecular formula is C18H24N6O3. The first-order valence-corrected chi connectivity index (χ1v) is 9.09. The second-order valence-electron chi connectivity index (χ2n) is 7.07. The molecule has 1 aromatic heterocycles. The summed E-state index contributed by atoms with van der Waals surface area (Å²) in [6.45, 7) is 1.77. The van der Waals surface area contributed by atoms with Gasteiger partial charge in [-0.1, -0.05) is 37.8 Å². The Kier molecular flexibility index (Phi) is 5.92. The van der Waals surface area contributed by atoms with Gasteiger partial charge in [0, 0.05) is 0 Å². The number of aromatic nitrogens is 3. The molecule has 9 nitrogen and oxygen atoms in total. The molecule has 1 aromatic carbocycles. The second-order valence-corrected chi connectivity index (χ2v) is 7.07. The molecule has 1 heterocycles. The highest BCUT2D eigenvalue weighted by molar-refractivity contribution is 5.93. The van der Waals surface area contributed by atoms with E-state index in [4.69, 9.17) is 5.84 Å². The van der Waals surface area contributed by atoms with Crippen molar-refractivity contribution in [1.82, 2.24) is 20.2 Å². The number of carbonyl (C=O) groups is 2. The summed E-state index contributed by atoms with van der Waals surface area (Å²) in [5.74, 6) is 5.29. The molecule has 3 rings (SSSR count). The molecule has 9 heteroatoms. The number of fused-ring (bicyclic) bond motifs is 1. The number of anilines is 1. The van der Waals surface area contributed by atoms with Crippen molar-refractivity contribution in [2.75, 3.05) is 11.6 Å². The highest BCUT2D eigenvalue weighted by Gasteiger charge is 2.31. The third kappa shape index (κ3) is 4.37. The van der Waals surface area contributed by atoms with Crippen LogP contribution in [-0.4, -0.2) is 44.3 Å². The maximum atomic E-state index is 12.9. The molecule has 0 saturated heterocycles. The molecule has 1 aliphatic carbocycles. The maximum absolute atomic E-state index is 12.9. The maximum Gasteiger partial charge on any atom is 0.267 e. The van der Waals surface area contributed by atoms with E-state index in [1.165, 1.54) is 0 Å². The van der Waals surface area contributed by atoms with Crippen molar-refractivity contribution >= 4 is 29.3 Å². The van der Waals surface area contributed by atoms with Gasteiger partial charge in [-0.05, 0) is 30.9 Å². The number of hydrazine groups is 1. The first kappa shape index (κ1) is 19.1. The molecule has 1 fully saturated rings. The summed E-state index contributed by atoms with van der Waals surface area (Å²) in [7, 11) is 0. The van der Waals surface area contributed by atoms with Crippen molar-refractivity contribution in [3.8, 4) is 0 Å². The largest absolute Gasteiger partial charge is 0.286 e. The van der Waals surface area contributed by atoms with E-state index in [9.17, 15) is 14.8 Å². The number of hydrogen-bond acceptors (Lipinski definition) is 7. The smallest absolute Gasteiger partial charge is 0.267 e. The molecule has 3 N–H and O–H groups in total. The monoisotopic (exact) mass is 372 g/mol. The van der Waals surface area contributed by atoms with Crippen LogP contribution in [0.25, 0.3) is 11.0 Å². The van der Waals surface area contributed by atoms with Gasteiger partial charge >= 0.3 is 0 Å². The zero-order valence-electron chi connectivity index (χ0n) is 15.3. The van der Waals surface area contributed by atoms with Crippen LogP contribution in [0.15, 0.2) is 18.2 Å². The lowest BCUT2D eigenvalue weighted by Gasteiger charge is -2.25. The van der Waals surface area contributed by atoms with Crippen LogP contribution >= 0.6 is 0 Å². The normalized spacial score (nSPS) is 15.7. The minimum Gasteiger partial charge on any atom is -0.286 e. The molecule has 0 aliphatic heterocycles. The average molecular weight is 372 g/mol. The summed E-state index contributed by atoms with van der Waals surface area (Å²) in [6, 6.07) is 5.53. The lowest BCUT2D eigenvalue weighted by Crippen LogP contribution is -2.46. The number of benzene rings is 1. The molecule has 2 aromatic rings. The Bertz CT molecular complexity index is 824. The highest BCUT2D eigenvalue weighted by atomic mass is 16.5. The topological polar surface area (TPSA) is 126 Å². The molecule has 1 saturated carbocycles. The number of carbonyl (C=O) groups excluding carboxylic acids is 2. The third-order valence-corrected chi connectivity index (χ3v) is 5.10. The van der Waals surface area contributed by atoms with Gasteiger partial charge in [-0.15, -0.1) is 10.2 Å². The number of amides is 2. The van der Waals surface area contributed by atoms with Crippen LogP contribution in [0.3, 0.4) is 0 Å². The van der Waals surface area contributed by atoms with Crippen LogP contribution in [0.4, 0.5) is 5.95 Å². The molecule has 0 radical (unpaired) electrons.